The van der Waals surface area contributed by atoms with E-state index < -0.39 is 97.6 Å². The largest absolute Gasteiger partial charge is 0.481 e. The fourth-order valence-electron chi connectivity index (χ4n) is 5.34. The van der Waals surface area contributed by atoms with Crippen LogP contribution in [0.15, 0.2) is 18.5 Å². The van der Waals surface area contributed by atoms with Crippen molar-refractivity contribution < 1.29 is 53.0 Å². The molecule has 4 unspecified atom stereocenters. The molecule has 2 rings (SSSR count). The second-order valence-corrected chi connectivity index (χ2v) is 15.3. The number of aromatic nitrogens is 1. The van der Waals surface area contributed by atoms with E-state index in [4.69, 9.17) is 21.3 Å². The van der Waals surface area contributed by atoms with Crippen molar-refractivity contribution in [2.45, 2.75) is 68.8 Å². The Morgan fingerprint density at radius 3 is 2.22 bits per heavy atom. The quantitative estimate of drug-likeness (QED) is 0.114. The van der Waals surface area contributed by atoms with Crippen LogP contribution in [-0.4, -0.2) is 162 Å². The summed E-state index contributed by atoms with van der Waals surface area (Å²) in [6, 6.07) is -1.60. The number of nitrogens with one attached hydrogen (secondary N) is 5. The normalized spacial score (nSPS) is 21.2. The number of rotatable bonds is 10. The predicted molar refractivity (Wildman–Crippen MR) is 213 cm³/mol. The molecule has 21 nitrogen and oxygen atoms in total. The van der Waals surface area contributed by atoms with Gasteiger partial charge in [0.1, 0.15) is 12.1 Å². The molecule has 0 saturated heterocycles. The number of carbonyl (C=O) groups is 9. The van der Waals surface area contributed by atoms with Crippen LogP contribution in [0.25, 0.3) is 0 Å². The summed E-state index contributed by atoms with van der Waals surface area (Å²) in [5, 5.41) is 21.6. The van der Waals surface area contributed by atoms with Crippen LogP contribution in [0.1, 0.15) is 44.2 Å². The van der Waals surface area contributed by atoms with Crippen LogP contribution in [-0.2, 0) is 59.4 Å². The fourth-order valence-corrected chi connectivity index (χ4v) is 7.38. The van der Waals surface area contributed by atoms with Crippen molar-refractivity contribution in [3.05, 3.63) is 29.6 Å². The summed E-state index contributed by atoms with van der Waals surface area (Å²) in [7, 11) is 1.64. The number of carboxylic acid groups (broad SMARTS) is 1. The summed E-state index contributed by atoms with van der Waals surface area (Å²) < 4.78 is 5.69. The van der Waals surface area contributed by atoms with E-state index in [2.05, 4.69) is 31.6 Å². The minimum absolute atomic E-state index is 0.0393. The Morgan fingerprint density at radius 2 is 1.62 bits per heavy atom. The van der Waals surface area contributed by atoms with E-state index in [0.717, 1.165) is 11.1 Å². The number of carbonyl (C=O) groups excluding carboxylic acids is 8. The van der Waals surface area contributed by atoms with Crippen LogP contribution in [0.2, 0.25) is 0 Å². The van der Waals surface area contributed by atoms with E-state index in [1.165, 1.54) is 33.3 Å². The van der Waals surface area contributed by atoms with E-state index in [1.54, 1.807) is 26.4 Å². The Bertz CT molecular complexity index is 1620. The van der Waals surface area contributed by atoms with E-state index in [9.17, 15) is 43.2 Å². The number of aliphatic carboxylic acids is 1. The van der Waals surface area contributed by atoms with Gasteiger partial charge in [0, 0.05) is 48.5 Å². The standard InChI is InChI=1S/C35H54N10O11S2/c1-4-5-45-16-31(50)44(15-27(36)46)6-7-56-21(2)8-28(47)40-13-29(48)41-14-30(49)42-25(34(54)43-24(33(37)53)10-32(51)52)19-57-17-22-9-23(12-39-11-22)18-58-20-26(38-3)35(45)55/h9,11-12,21,24-26,38H,4-8,10,13-20H2,1-3H3,(H2,36,46)(H2,37,53)(H,40,47)(H,41,48)(H,42,49)(H,43,54)(H,51,52). The highest BCUT2D eigenvalue weighted by Gasteiger charge is 2.29. The van der Waals surface area contributed by atoms with Gasteiger partial charge in [0.25, 0.3) is 0 Å². The smallest absolute Gasteiger partial charge is 0.305 e. The number of amides is 8. The van der Waals surface area contributed by atoms with Crippen LogP contribution >= 0.6 is 23.5 Å². The van der Waals surface area contributed by atoms with Crippen LogP contribution in [0, 0.1) is 0 Å². The van der Waals surface area contributed by atoms with Gasteiger partial charge >= 0.3 is 5.97 Å². The lowest BCUT2D eigenvalue weighted by Gasteiger charge is -2.29. The molecule has 58 heavy (non-hydrogen) atoms. The number of fused-ring (bicyclic) bond motifs is 2. The van der Waals surface area contributed by atoms with E-state index >= 15 is 0 Å². The predicted octanol–water partition coefficient (Wildman–Crippen LogP) is -3.34. The number of likely N-dealkylation sites (N-methyl/N-ethyl adjacent to an activating group) is 1. The van der Waals surface area contributed by atoms with Gasteiger partial charge in [0.15, 0.2) is 0 Å². The van der Waals surface area contributed by atoms with Crippen molar-refractivity contribution >= 4 is 76.8 Å². The van der Waals surface area contributed by atoms with Crippen molar-refractivity contribution in [2.75, 3.05) is 64.4 Å². The average Bonchev–Trinajstić information content (AvgIpc) is 3.15. The number of hydrogen-bond acceptors (Lipinski definition) is 14. The average molecular weight is 855 g/mol. The molecule has 0 saturated carbocycles. The van der Waals surface area contributed by atoms with Crippen LogP contribution < -0.4 is 38.1 Å². The Balaban J connectivity index is 2.30. The van der Waals surface area contributed by atoms with Gasteiger partial charge < -0.3 is 57.7 Å². The SMILES string of the molecule is CCCN1CC(=O)N(CC(N)=O)CCOC(C)CC(=O)NCC(=O)NCC(=O)NC(C(=O)NC(CC(=O)O)C(N)=O)CSCc2cncc(c2)CSCC(NC)C1=O. The first kappa shape index (κ1) is 49.1. The van der Waals surface area contributed by atoms with E-state index in [1.807, 2.05) is 13.0 Å². The first-order chi connectivity index (χ1) is 27.5. The molecule has 1 aromatic rings. The van der Waals surface area contributed by atoms with Gasteiger partial charge in [-0.3, -0.25) is 48.1 Å². The molecule has 0 aliphatic carbocycles. The van der Waals surface area contributed by atoms with Gasteiger partial charge in [-0.25, -0.2) is 0 Å². The van der Waals surface area contributed by atoms with Crippen LogP contribution in [0.4, 0.5) is 0 Å². The van der Waals surface area contributed by atoms with Crippen molar-refractivity contribution in [1.29, 1.82) is 0 Å². The van der Waals surface area contributed by atoms with Gasteiger partial charge in [-0.2, -0.15) is 23.5 Å². The van der Waals surface area contributed by atoms with Crippen molar-refractivity contribution in [3.8, 4) is 0 Å². The van der Waals surface area contributed by atoms with Crippen molar-refractivity contribution in [3.63, 3.8) is 0 Å². The fraction of sp³-hybridized carbons (Fsp3) is 0.600. The highest BCUT2D eigenvalue weighted by molar-refractivity contribution is 7.98. The molecule has 0 radical (unpaired) electrons. The number of thioether (sulfide) groups is 2. The molecule has 0 aromatic carbocycles. The number of pyridine rings is 1. The molecule has 2 heterocycles. The minimum atomic E-state index is -1.55. The second-order valence-electron chi connectivity index (χ2n) is 13.2. The maximum Gasteiger partial charge on any atom is 0.305 e. The summed E-state index contributed by atoms with van der Waals surface area (Å²) in [6.45, 7) is 1.81. The molecule has 23 heteroatoms. The monoisotopic (exact) mass is 854 g/mol. The molecule has 1 aromatic heterocycles. The Kier molecular flexibility index (Phi) is 22.1. The van der Waals surface area contributed by atoms with Crippen molar-refractivity contribution in [1.82, 2.24) is 41.4 Å². The molecular weight excluding hydrogens is 801 g/mol. The molecule has 10 N–H and O–H groups in total. The number of ether oxygens (including phenoxy) is 1. The van der Waals surface area contributed by atoms with Gasteiger partial charge in [-0.05, 0) is 31.5 Å². The lowest BCUT2D eigenvalue weighted by atomic mass is 10.1. The van der Waals surface area contributed by atoms with Gasteiger partial charge in [-0.15, -0.1) is 0 Å². The van der Waals surface area contributed by atoms with Gasteiger partial charge in [0.05, 0.1) is 57.8 Å². The maximum absolute atomic E-state index is 13.7. The number of nitrogens with zero attached hydrogens (tertiary/aromatic N) is 3. The van der Waals surface area contributed by atoms with Crippen molar-refractivity contribution in [2.24, 2.45) is 11.5 Å². The van der Waals surface area contributed by atoms with Crippen LogP contribution in [0.3, 0.4) is 0 Å². The summed E-state index contributed by atoms with van der Waals surface area (Å²) in [5.74, 6) is -5.91. The van der Waals surface area contributed by atoms with Gasteiger partial charge in [0.2, 0.25) is 47.3 Å². The molecule has 322 valence electrons. The van der Waals surface area contributed by atoms with Crippen LogP contribution in [0.5, 0.6) is 0 Å². The highest BCUT2D eigenvalue weighted by Crippen LogP contribution is 2.19. The molecular formula is C35H54N10O11S2. The summed E-state index contributed by atoms with van der Waals surface area (Å²) >= 11 is 2.68. The second kappa shape index (κ2) is 26.1. The summed E-state index contributed by atoms with van der Waals surface area (Å²) in [4.78, 5) is 120. The molecule has 4 atom stereocenters. The zero-order valence-electron chi connectivity index (χ0n) is 32.8. The Morgan fingerprint density at radius 1 is 0.983 bits per heavy atom. The molecule has 0 spiro atoms. The van der Waals surface area contributed by atoms with Gasteiger partial charge in [-0.1, -0.05) is 13.0 Å². The third-order valence-electron chi connectivity index (χ3n) is 8.25. The number of primary amides is 2. The van der Waals surface area contributed by atoms with E-state index in [0.29, 0.717) is 23.7 Å². The zero-order valence-corrected chi connectivity index (χ0v) is 34.4. The number of carboxylic acids is 1. The molecule has 1 aliphatic heterocycles. The molecule has 2 bridgehead atoms. The first-order valence-corrected chi connectivity index (χ1v) is 20.7. The highest BCUT2D eigenvalue weighted by atomic mass is 32.2. The zero-order chi connectivity index (χ0) is 43.2. The lowest BCUT2D eigenvalue weighted by Crippen LogP contribution is -2.55. The third-order valence-corrected chi connectivity index (χ3v) is 10.5. The topological polar surface area (TPSA) is 315 Å². The Hall–Kier alpha value is -5.00. The molecule has 1 aliphatic rings. The maximum atomic E-state index is 13.7. The number of nitrogens with two attached hydrogens (primary N) is 2. The molecule has 8 amide bonds. The Labute approximate surface area is 344 Å². The minimum Gasteiger partial charge on any atom is -0.481 e. The lowest BCUT2D eigenvalue weighted by molar-refractivity contribution is -0.143. The number of hydrogen-bond donors (Lipinski definition) is 8. The first-order valence-electron chi connectivity index (χ1n) is 18.4. The summed E-state index contributed by atoms with van der Waals surface area (Å²) in [5.41, 5.74) is 12.3. The third kappa shape index (κ3) is 19.0. The summed E-state index contributed by atoms with van der Waals surface area (Å²) in [6.07, 6.45) is 2.21. The van der Waals surface area contributed by atoms with E-state index in [-0.39, 0.29) is 44.3 Å². The molecule has 0 fully saturated rings.